The molecule has 0 saturated carbocycles. The summed E-state index contributed by atoms with van der Waals surface area (Å²) in [4.78, 5) is 16.4. The molecule has 3 rings (SSSR count). The Labute approximate surface area is 146 Å². The van der Waals surface area contributed by atoms with E-state index >= 15 is 0 Å². The molecule has 1 heterocycles. The van der Waals surface area contributed by atoms with Crippen LogP contribution in [-0.4, -0.2) is 17.5 Å². The monoisotopic (exact) mass is 333 g/mol. The highest BCUT2D eigenvalue weighted by Crippen LogP contribution is 2.27. The molecule has 5 heteroatoms. The number of hydrogen-bond acceptors (Lipinski definition) is 4. The predicted molar refractivity (Wildman–Crippen MR) is 99.5 cm³/mol. The second-order valence-corrected chi connectivity index (χ2v) is 5.31. The van der Waals surface area contributed by atoms with Gasteiger partial charge >= 0.3 is 0 Å². The molecule has 0 unspecified atom stereocenters. The van der Waals surface area contributed by atoms with E-state index in [1.807, 2.05) is 67.6 Å². The van der Waals surface area contributed by atoms with Gasteiger partial charge in [-0.25, -0.2) is 4.98 Å². The lowest BCUT2D eigenvalue weighted by Crippen LogP contribution is -2.13. The molecule has 3 aromatic rings. The minimum atomic E-state index is -0.243. The number of carbonyl (C=O) groups excluding carboxylic acids is 1. The van der Waals surface area contributed by atoms with Crippen LogP contribution in [0.3, 0.4) is 0 Å². The molecule has 5 nitrogen and oxygen atoms in total. The van der Waals surface area contributed by atoms with Crippen molar-refractivity contribution in [2.24, 2.45) is 0 Å². The van der Waals surface area contributed by atoms with Crippen LogP contribution in [0.1, 0.15) is 17.4 Å². The first-order valence-corrected chi connectivity index (χ1v) is 8.07. The zero-order valence-electron chi connectivity index (χ0n) is 13.9. The van der Waals surface area contributed by atoms with Gasteiger partial charge in [-0.3, -0.25) is 4.79 Å². The molecule has 0 atom stereocenters. The summed E-state index contributed by atoms with van der Waals surface area (Å²) in [6, 6.07) is 20.5. The average Bonchev–Trinajstić information content (AvgIpc) is 2.65. The molecule has 1 amide bonds. The van der Waals surface area contributed by atoms with E-state index in [0.29, 0.717) is 12.3 Å². The number of benzene rings is 2. The number of hydrogen-bond donors (Lipinski definition) is 2. The van der Waals surface area contributed by atoms with Gasteiger partial charge in [-0.1, -0.05) is 30.3 Å². The van der Waals surface area contributed by atoms with Crippen LogP contribution in [0.2, 0.25) is 0 Å². The van der Waals surface area contributed by atoms with Gasteiger partial charge in [0, 0.05) is 5.69 Å². The van der Waals surface area contributed by atoms with Crippen molar-refractivity contribution in [1.29, 1.82) is 0 Å². The maximum atomic E-state index is 12.2. The van der Waals surface area contributed by atoms with Crippen molar-refractivity contribution in [3.05, 3.63) is 78.6 Å². The van der Waals surface area contributed by atoms with Gasteiger partial charge in [-0.2, -0.15) is 0 Å². The van der Waals surface area contributed by atoms with Gasteiger partial charge in [0.2, 0.25) is 0 Å². The summed E-state index contributed by atoms with van der Waals surface area (Å²) >= 11 is 0. The third kappa shape index (κ3) is 4.35. The maximum absolute atomic E-state index is 12.2. The number of nitrogens with one attached hydrogen (secondary N) is 2. The number of rotatable bonds is 6. The smallest absolute Gasteiger partial charge is 0.274 e. The van der Waals surface area contributed by atoms with E-state index in [9.17, 15) is 4.79 Å². The summed E-state index contributed by atoms with van der Waals surface area (Å²) in [5, 5.41) is 6.07. The molecule has 25 heavy (non-hydrogen) atoms. The van der Waals surface area contributed by atoms with Crippen molar-refractivity contribution < 1.29 is 9.53 Å². The van der Waals surface area contributed by atoms with Crippen LogP contribution in [0.25, 0.3) is 0 Å². The number of nitrogens with zero attached hydrogens (tertiary/aromatic N) is 1. The number of anilines is 3. The Balaban J connectivity index is 1.69. The molecule has 0 saturated heterocycles. The Morgan fingerprint density at radius 1 is 0.960 bits per heavy atom. The maximum Gasteiger partial charge on any atom is 0.274 e. The normalized spacial score (nSPS) is 10.1. The Morgan fingerprint density at radius 2 is 1.72 bits per heavy atom. The Morgan fingerprint density at radius 3 is 2.44 bits per heavy atom. The summed E-state index contributed by atoms with van der Waals surface area (Å²) < 4.78 is 5.59. The standard InChI is InChI=1S/C20H19N3O2/c1-2-25-19-11-7-6-10-17(19)22-16-12-13-18(21-14-16)20(24)23-15-8-4-3-5-9-15/h3-14,22H,2H2,1H3,(H,23,24). The molecular formula is C20H19N3O2. The number of pyridine rings is 1. The van der Waals surface area contributed by atoms with Crippen LogP contribution < -0.4 is 15.4 Å². The van der Waals surface area contributed by atoms with Gasteiger partial charge in [0.25, 0.3) is 5.91 Å². The highest BCUT2D eigenvalue weighted by Gasteiger charge is 2.08. The topological polar surface area (TPSA) is 63.2 Å². The SMILES string of the molecule is CCOc1ccccc1Nc1ccc(C(=O)Nc2ccccc2)nc1. The van der Waals surface area contributed by atoms with Crippen LogP contribution in [0.5, 0.6) is 5.75 Å². The molecule has 2 N–H and O–H groups in total. The largest absolute Gasteiger partial charge is 0.492 e. The fourth-order valence-electron chi connectivity index (χ4n) is 2.33. The first kappa shape index (κ1) is 16.5. The lowest BCUT2D eigenvalue weighted by atomic mass is 10.2. The van der Waals surface area contributed by atoms with Gasteiger partial charge < -0.3 is 15.4 Å². The summed E-state index contributed by atoms with van der Waals surface area (Å²) in [7, 11) is 0. The third-order valence-corrected chi connectivity index (χ3v) is 3.49. The zero-order valence-corrected chi connectivity index (χ0v) is 13.9. The lowest BCUT2D eigenvalue weighted by molar-refractivity contribution is 0.102. The predicted octanol–water partition coefficient (Wildman–Crippen LogP) is 4.48. The lowest BCUT2D eigenvalue weighted by Gasteiger charge is -2.12. The van der Waals surface area contributed by atoms with Crippen LogP contribution in [-0.2, 0) is 0 Å². The van der Waals surface area contributed by atoms with Crippen molar-refractivity contribution in [2.75, 3.05) is 17.2 Å². The number of ether oxygens (including phenoxy) is 1. The van der Waals surface area contributed by atoms with Crippen LogP contribution in [0.15, 0.2) is 72.9 Å². The van der Waals surface area contributed by atoms with Crippen molar-refractivity contribution >= 4 is 23.0 Å². The van der Waals surface area contributed by atoms with Crippen LogP contribution in [0.4, 0.5) is 17.1 Å². The number of para-hydroxylation sites is 3. The van der Waals surface area contributed by atoms with E-state index in [4.69, 9.17) is 4.74 Å². The van der Waals surface area contributed by atoms with E-state index in [1.54, 1.807) is 12.3 Å². The summed E-state index contributed by atoms with van der Waals surface area (Å²) in [6.07, 6.45) is 1.63. The van der Waals surface area contributed by atoms with Crippen molar-refractivity contribution in [3.63, 3.8) is 0 Å². The van der Waals surface area contributed by atoms with Crippen molar-refractivity contribution in [2.45, 2.75) is 6.92 Å². The average molecular weight is 333 g/mol. The first-order valence-electron chi connectivity index (χ1n) is 8.07. The molecule has 0 radical (unpaired) electrons. The van der Waals surface area contributed by atoms with Crippen molar-refractivity contribution in [1.82, 2.24) is 4.98 Å². The molecule has 0 aliphatic rings. The Kier molecular flexibility index (Phi) is 5.26. The van der Waals surface area contributed by atoms with E-state index < -0.39 is 0 Å². The summed E-state index contributed by atoms with van der Waals surface area (Å²) in [5.74, 6) is 0.531. The fourth-order valence-corrected chi connectivity index (χ4v) is 2.33. The van der Waals surface area contributed by atoms with Gasteiger partial charge in [0.05, 0.1) is 24.2 Å². The molecule has 2 aromatic carbocycles. The molecular weight excluding hydrogens is 314 g/mol. The van der Waals surface area contributed by atoms with Gasteiger partial charge in [-0.15, -0.1) is 0 Å². The molecule has 0 aliphatic carbocycles. The number of amides is 1. The minimum absolute atomic E-state index is 0.243. The van der Waals surface area contributed by atoms with Crippen LogP contribution >= 0.6 is 0 Å². The Bertz CT molecular complexity index is 833. The second kappa shape index (κ2) is 7.97. The zero-order chi connectivity index (χ0) is 17.5. The first-order chi connectivity index (χ1) is 12.3. The molecule has 0 spiro atoms. The van der Waals surface area contributed by atoms with E-state index in [2.05, 4.69) is 15.6 Å². The van der Waals surface area contributed by atoms with Crippen LogP contribution in [0, 0.1) is 0 Å². The second-order valence-electron chi connectivity index (χ2n) is 5.31. The summed E-state index contributed by atoms with van der Waals surface area (Å²) in [5.41, 5.74) is 2.73. The van der Waals surface area contributed by atoms with Gasteiger partial charge in [-0.05, 0) is 43.3 Å². The van der Waals surface area contributed by atoms with Gasteiger partial charge in [0.15, 0.2) is 0 Å². The quantitative estimate of drug-likeness (QED) is 0.698. The highest BCUT2D eigenvalue weighted by molar-refractivity contribution is 6.02. The number of carbonyl (C=O) groups is 1. The molecule has 0 fully saturated rings. The van der Waals surface area contributed by atoms with E-state index in [-0.39, 0.29) is 5.91 Å². The third-order valence-electron chi connectivity index (χ3n) is 3.49. The summed E-state index contributed by atoms with van der Waals surface area (Å²) in [6.45, 7) is 2.54. The fraction of sp³-hybridized carbons (Fsp3) is 0.100. The van der Waals surface area contributed by atoms with E-state index in [1.165, 1.54) is 0 Å². The number of aromatic nitrogens is 1. The molecule has 1 aromatic heterocycles. The van der Waals surface area contributed by atoms with Gasteiger partial charge in [0.1, 0.15) is 11.4 Å². The molecule has 0 aliphatic heterocycles. The highest BCUT2D eigenvalue weighted by atomic mass is 16.5. The van der Waals surface area contributed by atoms with Crippen molar-refractivity contribution in [3.8, 4) is 5.75 Å². The molecule has 126 valence electrons. The molecule has 0 bridgehead atoms. The Hall–Kier alpha value is -3.34. The minimum Gasteiger partial charge on any atom is -0.492 e. The van der Waals surface area contributed by atoms with E-state index in [0.717, 1.165) is 22.8 Å².